The Balaban J connectivity index is 2.07. The standard InChI is InChI=1S/C26H31O2P/c1-3-5-18-27-23-15-9-7-12-20(23)21-14-11-17-25(29)26(21)22-13-8-10-16-24(22)28-19-6-4-2/h7-17H,3-6,18-19,29H2,1-2H3. The molecule has 0 aliphatic rings. The molecule has 0 fully saturated rings. The molecule has 0 spiro atoms. The minimum Gasteiger partial charge on any atom is -0.493 e. The number of unbranched alkanes of at least 4 members (excludes halogenated alkanes) is 2. The molecule has 0 saturated heterocycles. The zero-order valence-electron chi connectivity index (χ0n) is 17.5. The van der Waals surface area contributed by atoms with Crippen LogP contribution in [0.4, 0.5) is 0 Å². The number of hydrogen-bond acceptors (Lipinski definition) is 2. The van der Waals surface area contributed by atoms with E-state index < -0.39 is 0 Å². The van der Waals surface area contributed by atoms with E-state index in [4.69, 9.17) is 9.47 Å². The van der Waals surface area contributed by atoms with E-state index in [-0.39, 0.29) is 0 Å². The Kier molecular flexibility index (Phi) is 8.14. The van der Waals surface area contributed by atoms with Gasteiger partial charge in [0.05, 0.1) is 13.2 Å². The largest absolute Gasteiger partial charge is 0.493 e. The SMILES string of the molecule is CCCCOc1ccccc1-c1cccc(P)c1-c1ccccc1OCCCC. The first-order chi connectivity index (χ1) is 14.3. The van der Waals surface area contributed by atoms with Gasteiger partial charge in [-0.1, -0.05) is 81.3 Å². The summed E-state index contributed by atoms with van der Waals surface area (Å²) in [4.78, 5) is 0. The van der Waals surface area contributed by atoms with Crippen LogP contribution in [-0.4, -0.2) is 13.2 Å². The first-order valence-electron chi connectivity index (χ1n) is 10.6. The van der Waals surface area contributed by atoms with Gasteiger partial charge >= 0.3 is 0 Å². The predicted octanol–water partition coefficient (Wildman–Crippen LogP) is 6.88. The molecule has 1 unspecified atom stereocenters. The van der Waals surface area contributed by atoms with Gasteiger partial charge in [0.1, 0.15) is 11.5 Å². The van der Waals surface area contributed by atoms with E-state index in [0.29, 0.717) is 0 Å². The molecular weight excluding hydrogens is 375 g/mol. The van der Waals surface area contributed by atoms with Crippen molar-refractivity contribution in [2.45, 2.75) is 39.5 Å². The summed E-state index contributed by atoms with van der Waals surface area (Å²) in [5, 5.41) is 1.15. The molecule has 0 aliphatic carbocycles. The summed E-state index contributed by atoms with van der Waals surface area (Å²) in [5.41, 5.74) is 4.58. The molecule has 0 N–H and O–H groups in total. The third-order valence-corrected chi connectivity index (χ3v) is 5.42. The molecule has 152 valence electrons. The molecule has 3 heteroatoms. The van der Waals surface area contributed by atoms with Crippen molar-refractivity contribution in [3.8, 4) is 33.8 Å². The number of para-hydroxylation sites is 2. The molecule has 1 atom stereocenters. The van der Waals surface area contributed by atoms with E-state index in [1.54, 1.807) is 0 Å². The van der Waals surface area contributed by atoms with Crippen LogP contribution in [0, 0.1) is 0 Å². The zero-order valence-corrected chi connectivity index (χ0v) is 18.6. The minimum absolute atomic E-state index is 0.735. The lowest BCUT2D eigenvalue weighted by Gasteiger charge is -2.19. The summed E-state index contributed by atoms with van der Waals surface area (Å²) in [6.07, 6.45) is 4.35. The van der Waals surface area contributed by atoms with Crippen molar-refractivity contribution in [1.29, 1.82) is 0 Å². The van der Waals surface area contributed by atoms with E-state index in [1.807, 2.05) is 12.1 Å². The van der Waals surface area contributed by atoms with E-state index >= 15 is 0 Å². The second kappa shape index (κ2) is 11.0. The van der Waals surface area contributed by atoms with Crippen molar-refractivity contribution >= 4 is 14.5 Å². The highest BCUT2D eigenvalue weighted by molar-refractivity contribution is 7.28. The Bertz CT molecular complexity index is 920. The van der Waals surface area contributed by atoms with Gasteiger partial charge in [0.25, 0.3) is 0 Å². The summed E-state index contributed by atoms with van der Waals surface area (Å²) in [6, 6.07) is 23.1. The van der Waals surface area contributed by atoms with Crippen molar-refractivity contribution in [3.63, 3.8) is 0 Å². The van der Waals surface area contributed by atoms with Crippen LogP contribution in [0.15, 0.2) is 66.7 Å². The van der Waals surface area contributed by atoms with Crippen LogP contribution in [0.25, 0.3) is 22.3 Å². The highest BCUT2D eigenvalue weighted by Crippen LogP contribution is 2.40. The predicted molar refractivity (Wildman–Crippen MR) is 127 cm³/mol. The van der Waals surface area contributed by atoms with Crippen LogP contribution in [0.3, 0.4) is 0 Å². The highest BCUT2D eigenvalue weighted by atomic mass is 31.0. The fraction of sp³-hybridized carbons (Fsp3) is 0.308. The van der Waals surface area contributed by atoms with Gasteiger partial charge in [0.15, 0.2) is 0 Å². The third-order valence-electron chi connectivity index (χ3n) is 4.94. The van der Waals surface area contributed by atoms with E-state index in [2.05, 4.69) is 77.7 Å². The molecule has 3 rings (SSSR count). The summed E-state index contributed by atoms with van der Waals surface area (Å²) in [5.74, 6) is 1.86. The van der Waals surface area contributed by atoms with E-state index in [9.17, 15) is 0 Å². The summed E-state index contributed by atoms with van der Waals surface area (Å²) >= 11 is 0. The molecule has 29 heavy (non-hydrogen) atoms. The van der Waals surface area contributed by atoms with Crippen LogP contribution >= 0.6 is 9.24 Å². The van der Waals surface area contributed by atoms with Crippen molar-refractivity contribution in [1.82, 2.24) is 0 Å². The monoisotopic (exact) mass is 406 g/mol. The normalized spacial score (nSPS) is 10.7. The molecule has 3 aromatic carbocycles. The van der Waals surface area contributed by atoms with Gasteiger partial charge in [-0.15, -0.1) is 9.24 Å². The van der Waals surface area contributed by atoms with Gasteiger partial charge in [-0.25, -0.2) is 0 Å². The van der Waals surface area contributed by atoms with E-state index in [0.717, 1.165) is 72.4 Å². The molecule has 0 saturated carbocycles. The Labute approximate surface area is 177 Å². The lowest BCUT2D eigenvalue weighted by atomic mass is 9.93. The first kappa shape index (κ1) is 21.4. The molecule has 0 heterocycles. The summed E-state index contributed by atoms with van der Waals surface area (Å²) < 4.78 is 12.3. The highest BCUT2D eigenvalue weighted by Gasteiger charge is 2.17. The number of hydrogen-bond donors (Lipinski definition) is 0. The molecular formula is C26H31O2P. The quantitative estimate of drug-likeness (QED) is 0.270. The number of rotatable bonds is 10. The Hall–Kier alpha value is -2.31. The number of benzene rings is 3. The van der Waals surface area contributed by atoms with Gasteiger partial charge in [-0.05, 0) is 35.8 Å². The zero-order chi connectivity index (χ0) is 20.5. The van der Waals surface area contributed by atoms with Crippen molar-refractivity contribution in [2.75, 3.05) is 13.2 Å². The third kappa shape index (κ3) is 5.40. The average molecular weight is 407 g/mol. The Morgan fingerprint density at radius 3 is 1.76 bits per heavy atom. The van der Waals surface area contributed by atoms with Crippen LogP contribution < -0.4 is 14.8 Å². The minimum atomic E-state index is 0.735. The van der Waals surface area contributed by atoms with Crippen molar-refractivity contribution < 1.29 is 9.47 Å². The lowest BCUT2D eigenvalue weighted by molar-refractivity contribution is 0.310. The Morgan fingerprint density at radius 1 is 0.621 bits per heavy atom. The maximum Gasteiger partial charge on any atom is 0.127 e. The van der Waals surface area contributed by atoms with Gasteiger partial charge in [0, 0.05) is 16.7 Å². The van der Waals surface area contributed by atoms with Crippen LogP contribution in [0.5, 0.6) is 11.5 Å². The molecule has 3 aromatic rings. The van der Waals surface area contributed by atoms with Gasteiger partial charge in [0.2, 0.25) is 0 Å². The van der Waals surface area contributed by atoms with Crippen LogP contribution in [0.2, 0.25) is 0 Å². The fourth-order valence-electron chi connectivity index (χ4n) is 3.36. The molecule has 0 bridgehead atoms. The van der Waals surface area contributed by atoms with E-state index in [1.165, 1.54) is 5.56 Å². The average Bonchev–Trinajstić information content (AvgIpc) is 2.75. The summed E-state index contributed by atoms with van der Waals surface area (Å²) in [6.45, 7) is 5.83. The van der Waals surface area contributed by atoms with Crippen LogP contribution in [-0.2, 0) is 0 Å². The van der Waals surface area contributed by atoms with Crippen LogP contribution in [0.1, 0.15) is 39.5 Å². The topological polar surface area (TPSA) is 18.5 Å². The molecule has 0 aliphatic heterocycles. The Morgan fingerprint density at radius 2 is 1.14 bits per heavy atom. The molecule has 2 nitrogen and oxygen atoms in total. The second-order valence-corrected chi connectivity index (χ2v) is 7.79. The maximum atomic E-state index is 6.15. The first-order valence-corrected chi connectivity index (χ1v) is 11.2. The smallest absolute Gasteiger partial charge is 0.127 e. The van der Waals surface area contributed by atoms with Gasteiger partial charge in [-0.2, -0.15) is 0 Å². The lowest BCUT2D eigenvalue weighted by Crippen LogP contribution is -2.04. The summed E-state index contributed by atoms with van der Waals surface area (Å²) in [7, 11) is 2.89. The van der Waals surface area contributed by atoms with Crippen molar-refractivity contribution in [2.24, 2.45) is 0 Å². The van der Waals surface area contributed by atoms with Gasteiger partial charge < -0.3 is 9.47 Å². The molecule has 0 amide bonds. The van der Waals surface area contributed by atoms with Gasteiger partial charge in [-0.3, -0.25) is 0 Å². The maximum absolute atomic E-state index is 6.15. The fourth-order valence-corrected chi connectivity index (χ4v) is 3.78. The molecule has 0 aromatic heterocycles. The second-order valence-electron chi connectivity index (χ2n) is 7.17. The number of ether oxygens (including phenoxy) is 2. The van der Waals surface area contributed by atoms with Crippen molar-refractivity contribution in [3.05, 3.63) is 66.7 Å². The molecule has 0 radical (unpaired) electrons.